The molecule has 1 fully saturated rings. The molecule has 1 heterocycles. The standard InChI is InChI=1S/C18H15N3O3/c22-17(19-13-6-7-13)11-3-1-10(2-4-11)16-20-14-8-5-12(18(23)24)9-15(14)21-16/h1-5,8-9,13H,6-7H2,(H,19,22)(H,20,21)(H,23,24). The van der Waals surface area contributed by atoms with Gasteiger partial charge in [-0.3, -0.25) is 4.79 Å². The molecule has 0 aliphatic heterocycles. The topological polar surface area (TPSA) is 95.1 Å². The van der Waals surface area contributed by atoms with Crippen molar-refractivity contribution in [1.29, 1.82) is 0 Å². The van der Waals surface area contributed by atoms with Crippen LogP contribution in [-0.4, -0.2) is 33.0 Å². The van der Waals surface area contributed by atoms with Crippen molar-refractivity contribution in [1.82, 2.24) is 15.3 Å². The number of aromatic amines is 1. The van der Waals surface area contributed by atoms with Gasteiger partial charge in [0.05, 0.1) is 16.6 Å². The zero-order valence-corrected chi connectivity index (χ0v) is 12.7. The van der Waals surface area contributed by atoms with E-state index in [0.29, 0.717) is 28.5 Å². The maximum absolute atomic E-state index is 12.0. The molecule has 0 atom stereocenters. The average Bonchev–Trinajstić information content (AvgIpc) is 3.29. The van der Waals surface area contributed by atoms with Crippen LogP contribution in [0.25, 0.3) is 22.4 Å². The highest BCUT2D eigenvalue weighted by molar-refractivity contribution is 5.95. The number of aromatic nitrogens is 2. The minimum atomic E-state index is -0.973. The van der Waals surface area contributed by atoms with Gasteiger partial charge in [-0.15, -0.1) is 0 Å². The molecule has 0 unspecified atom stereocenters. The zero-order valence-electron chi connectivity index (χ0n) is 12.7. The van der Waals surface area contributed by atoms with E-state index in [1.807, 2.05) is 12.1 Å². The van der Waals surface area contributed by atoms with Crippen molar-refractivity contribution in [2.45, 2.75) is 18.9 Å². The SMILES string of the molecule is O=C(O)c1ccc2nc(-c3ccc(C(=O)NC4CC4)cc3)[nH]c2c1. The number of carboxylic acid groups (broad SMARTS) is 1. The average molecular weight is 321 g/mol. The van der Waals surface area contributed by atoms with Crippen LogP contribution < -0.4 is 5.32 Å². The van der Waals surface area contributed by atoms with Crippen molar-refractivity contribution in [3.63, 3.8) is 0 Å². The van der Waals surface area contributed by atoms with Gasteiger partial charge in [-0.1, -0.05) is 12.1 Å². The van der Waals surface area contributed by atoms with E-state index in [1.165, 1.54) is 6.07 Å². The molecule has 1 amide bonds. The van der Waals surface area contributed by atoms with Crippen LogP contribution in [0.1, 0.15) is 33.6 Å². The first-order valence-corrected chi connectivity index (χ1v) is 7.74. The Hall–Kier alpha value is -3.15. The number of H-pyrrole nitrogens is 1. The van der Waals surface area contributed by atoms with Crippen LogP contribution >= 0.6 is 0 Å². The largest absolute Gasteiger partial charge is 0.478 e. The van der Waals surface area contributed by atoms with E-state index in [4.69, 9.17) is 5.11 Å². The first kappa shape index (κ1) is 14.4. The zero-order chi connectivity index (χ0) is 16.7. The molecule has 6 nitrogen and oxygen atoms in total. The summed E-state index contributed by atoms with van der Waals surface area (Å²) in [5.41, 5.74) is 3.04. The quantitative estimate of drug-likeness (QED) is 0.688. The van der Waals surface area contributed by atoms with Crippen LogP contribution in [0.4, 0.5) is 0 Å². The smallest absolute Gasteiger partial charge is 0.335 e. The van der Waals surface area contributed by atoms with Crippen molar-refractivity contribution >= 4 is 22.9 Å². The number of aromatic carboxylic acids is 1. The molecular weight excluding hydrogens is 306 g/mol. The number of hydrogen-bond acceptors (Lipinski definition) is 3. The molecule has 1 aromatic heterocycles. The molecule has 0 spiro atoms. The van der Waals surface area contributed by atoms with E-state index in [9.17, 15) is 9.59 Å². The molecule has 1 saturated carbocycles. The number of amides is 1. The van der Waals surface area contributed by atoms with Gasteiger partial charge in [0.2, 0.25) is 0 Å². The van der Waals surface area contributed by atoms with Crippen molar-refractivity contribution < 1.29 is 14.7 Å². The number of carbonyl (C=O) groups excluding carboxylic acids is 1. The van der Waals surface area contributed by atoms with Gasteiger partial charge in [0.15, 0.2) is 0 Å². The predicted molar refractivity (Wildman–Crippen MR) is 89.0 cm³/mol. The van der Waals surface area contributed by atoms with E-state index in [1.54, 1.807) is 24.3 Å². The third-order valence-electron chi connectivity index (χ3n) is 4.06. The van der Waals surface area contributed by atoms with E-state index in [2.05, 4.69) is 15.3 Å². The van der Waals surface area contributed by atoms with Crippen LogP contribution in [0.15, 0.2) is 42.5 Å². The maximum atomic E-state index is 12.0. The Morgan fingerprint density at radius 1 is 1.08 bits per heavy atom. The first-order chi connectivity index (χ1) is 11.6. The highest BCUT2D eigenvalue weighted by atomic mass is 16.4. The summed E-state index contributed by atoms with van der Waals surface area (Å²) in [5, 5.41) is 12.0. The van der Waals surface area contributed by atoms with Gasteiger partial charge >= 0.3 is 5.97 Å². The molecule has 2 aromatic carbocycles. The number of hydrogen-bond donors (Lipinski definition) is 3. The van der Waals surface area contributed by atoms with Crippen LogP contribution in [-0.2, 0) is 0 Å². The van der Waals surface area contributed by atoms with Gasteiger partial charge in [0, 0.05) is 17.2 Å². The highest BCUT2D eigenvalue weighted by Crippen LogP contribution is 2.23. The van der Waals surface area contributed by atoms with Crippen LogP contribution in [0.5, 0.6) is 0 Å². The summed E-state index contributed by atoms with van der Waals surface area (Å²) in [7, 11) is 0. The van der Waals surface area contributed by atoms with E-state index < -0.39 is 5.97 Å². The third kappa shape index (κ3) is 2.74. The molecule has 0 bridgehead atoms. The Kier molecular flexibility index (Phi) is 3.30. The number of nitrogens with one attached hydrogen (secondary N) is 2. The number of fused-ring (bicyclic) bond motifs is 1. The van der Waals surface area contributed by atoms with Crippen LogP contribution in [0.3, 0.4) is 0 Å². The number of imidazole rings is 1. The normalized spacial score (nSPS) is 13.8. The number of nitrogens with zero attached hydrogens (tertiary/aromatic N) is 1. The van der Waals surface area contributed by atoms with Gasteiger partial charge < -0.3 is 15.4 Å². The summed E-state index contributed by atoms with van der Waals surface area (Å²) in [5.74, 6) is -0.388. The van der Waals surface area contributed by atoms with Gasteiger partial charge in [0.1, 0.15) is 5.82 Å². The molecule has 24 heavy (non-hydrogen) atoms. The van der Waals surface area contributed by atoms with Crippen LogP contribution in [0.2, 0.25) is 0 Å². The lowest BCUT2D eigenvalue weighted by atomic mass is 10.1. The van der Waals surface area contributed by atoms with Gasteiger partial charge in [-0.25, -0.2) is 9.78 Å². The second-order valence-corrected chi connectivity index (χ2v) is 5.95. The molecule has 3 aromatic rings. The summed E-state index contributed by atoms with van der Waals surface area (Å²) >= 11 is 0. The molecule has 4 rings (SSSR count). The van der Waals surface area contributed by atoms with Crippen molar-refractivity contribution in [3.05, 3.63) is 53.6 Å². The maximum Gasteiger partial charge on any atom is 0.335 e. The molecule has 0 saturated heterocycles. The Bertz CT molecular complexity index is 940. The third-order valence-corrected chi connectivity index (χ3v) is 4.06. The summed E-state index contributed by atoms with van der Waals surface area (Å²) in [6.45, 7) is 0. The monoisotopic (exact) mass is 321 g/mol. The first-order valence-electron chi connectivity index (χ1n) is 7.74. The summed E-state index contributed by atoms with van der Waals surface area (Å²) in [6.07, 6.45) is 2.11. The lowest BCUT2D eigenvalue weighted by molar-refractivity contribution is 0.0696. The lowest BCUT2D eigenvalue weighted by Gasteiger charge is -2.03. The minimum Gasteiger partial charge on any atom is -0.478 e. The molecule has 1 aliphatic carbocycles. The second-order valence-electron chi connectivity index (χ2n) is 5.95. The van der Waals surface area contributed by atoms with Crippen molar-refractivity contribution in [3.8, 4) is 11.4 Å². The Labute approximate surface area is 137 Å². The highest BCUT2D eigenvalue weighted by Gasteiger charge is 2.23. The fourth-order valence-electron chi connectivity index (χ4n) is 2.56. The van der Waals surface area contributed by atoms with Gasteiger partial charge in [-0.2, -0.15) is 0 Å². The van der Waals surface area contributed by atoms with Crippen LogP contribution in [0, 0.1) is 0 Å². The van der Waals surface area contributed by atoms with Crippen molar-refractivity contribution in [2.24, 2.45) is 0 Å². The molecule has 6 heteroatoms. The number of carboxylic acids is 1. The predicted octanol–water partition coefficient (Wildman–Crippen LogP) is 2.82. The lowest BCUT2D eigenvalue weighted by Crippen LogP contribution is -2.25. The summed E-state index contributed by atoms with van der Waals surface area (Å²) < 4.78 is 0. The Morgan fingerprint density at radius 3 is 2.46 bits per heavy atom. The Morgan fingerprint density at radius 2 is 1.79 bits per heavy atom. The number of benzene rings is 2. The summed E-state index contributed by atoms with van der Waals surface area (Å²) in [4.78, 5) is 30.6. The van der Waals surface area contributed by atoms with E-state index in [-0.39, 0.29) is 11.5 Å². The summed E-state index contributed by atoms with van der Waals surface area (Å²) in [6, 6.07) is 12.3. The van der Waals surface area contributed by atoms with Gasteiger partial charge in [0.25, 0.3) is 5.91 Å². The minimum absolute atomic E-state index is 0.0558. The molecule has 3 N–H and O–H groups in total. The number of carbonyl (C=O) groups is 2. The fourth-order valence-corrected chi connectivity index (χ4v) is 2.56. The number of rotatable bonds is 4. The second kappa shape index (κ2) is 5.49. The molecular formula is C18H15N3O3. The van der Waals surface area contributed by atoms with Gasteiger partial charge in [-0.05, 0) is 43.2 Å². The van der Waals surface area contributed by atoms with E-state index in [0.717, 1.165) is 18.4 Å². The molecule has 120 valence electrons. The fraction of sp³-hybridized carbons (Fsp3) is 0.167. The van der Waals surface area contributed by atoms with Crippen molar-refractivity contribution in [2.75, 3.05) is 0 Å². The molecule has 1 aliphatic rings. The molecule has 0 radical (unpaired) electrons. The van der Waals surface area contributed by atoms with E-state index >= 15 is 0 Å². The Balaban J connectivity index is 1.61.